The van der Waals surface area contributed by atoms with Gasteiger partial charge < -0.3 is 24.8 Å². The second-order valence-corrected chi connectivity index (χ2v) is 18.7. The summed E-state index contributed by atoms with van der Waals surface area (Å²) in [5.41, 5.74) is 13.0. The number of hydrogen-bond acceptors (Lipinski definition) is 0. The number of benzene rings is 4. The van der Waals surface area contributed by atoms with E-state index in [-0.39, 0.29) is 35.6 Å². The third kappa shape index (κ3) is 9.20. The Kier molecular flexibility index (Phi) is 13.4. The molecule has 0 nitrogen and oxygen atoms in total. The van der Waals surface area contributed by atoms with Gasteiger partial charge in [0.1, 0.15) is 0 Å². The van der Waals surface area contributed by atoms with Gasteiger partial charge in [-0.2, -0.15) is 11.6 Å². The molecule has 0 aliphatic heterocycles. The van der Waals surface area contributed by atoms with Crippen LogP contribution in [0.5, 0.6) is 0 Å². The van der Waals surface area contributed by atoms with Gasteiger partial charge in [0, 0.05) is 10.8 Å². The quantitative estimate of drug-likeness (QED) is 0.157. The van der Waals surface area contributed by atoms with Gasteiger partial charge in [0.05, 0.1) is 0 Å². The molecule has 1 atom stereocenters. The molecule has 0 saturated carbocycles. The third-order valence-electron chi connectivity index (χ3n) is 10.4. The van der Waals surface area contributed by atoms with Crippen molar-refractivity contribution < 1.29 is 49.0 Å². The van der Waals surface area contributed by atoms with Crippen molar-refractivity contribution in [2.75, 3.05) is 0 Å². The minimum atomic E-state index is 0. The van der Waals surface area contributed by atoms with Crippen molar-refractivity contribution in [3.05, 3.63) is 158 Å². The molecule has 274 valence electrons. The van der Waals surface area contributed by atoms with Crippen LogP contribution in [0.25, 0.3) is 32.7 Å². The van der Waals surface area contributed by atoms with E-state index in [2.05, 4.69) is 130 Å². The van der Waals surface area contributed by atoms with Crippen molar-refractivity contribution in [3.8, 4) is 0 Å². The first kappa shape index (κ1) is 43.4. The number of allylic oxidation sites excluding steroid dienone is 8. The van der Waals surface area contributed by atoms with E-state index in [1.807, 2.05) is 48.5 Å². The van der Waals surface area contributed by atoms with Crippen molar-refractivity contribution in [3.63, 3.8) is 0 Å². The van der Waals surface area contributed by atoms with Gasteiger partial charge >= 0.3 is 120 Å². The zero-order chi connectivity index (χ0) is 37.0. The van der Waals surface area contributed by atoms with Gasteiger partial charge in [-0.25, -0.2) is 6.08 Å². The van der Waals surface area contributed by atoms with Gasteiger partial charge in [-0.3, -0.25) is 6.08 Å². The van der Waals surface area contributed by atoms with Crippen LogP contribution < -0.4 is 24.8 Å². The number of rotatable bonds is 2. The minimum Gasteiger partial charge on any atom is -1.00 e. The third-order valence-corrected chi connectivity index (χ3v) is 12.4. The van der Waals surface area contributed by atoms with Gasteiger partial charge in [0.25, 0.3) is 0 Å². The van der Waals surface area contributed by atoms with Crippen molar-refractivity contribution >= 4 is 59.1 Å². The summed E-state index contributed by atoms with van der Waals surface area (Å²) in [7, 11) is 0. The monoisotopic (exact) mass is 854 g/mol. The average Bonchev–Trinajstić information content (AvgIpc) is 3.77. The molecule has 0 heterocycles. The molecule has 5 heteroatoms. The van der Waals surface area contributed by atoms with Crippen LogP contribution in [-0.4, -0.2) is 3.21 Å². The van der Waals surface area contributed by atoms with Crippen LogP contribution in [0.4, 0.5) is 0 Å². The summed E-state index contributed by atoms with van der Waals surface area (Å²) >= 11 is 13.1. The zero-order valence-corrected chi connectivity index (χ0v) is 37.9. The van der Waals surface area contributed by atoms with Crippen LogP contribution in [0.2, 0.25) is 10.0 Å². The van der Waals surface area contributed by atoms with E-state index in [9.17, 15) is 0 Å². The SMILES string of the molecule is CC1=CC(C)(C)c2cc3[cH-]c4cc5c(cc4c3cc21)C(C)=CC5(C)C.CC1[C-]=CC(C(C)(C)C)=C1.Clc1ccc([C](=[Zr+2])c2ccc(Cl)cc2)cc1.[Cl-].[Cl-]. The Bertz CT molecular complexity index is 2150. The molecule has 0 bridgehead atoms. The van der Waals surface area contributed by atoms with Crippen LogP contribution in [0.1, 0.15) is 103 Å². The normalized spacial score (nSPS) is 17.2. The van der Waals surface area contributed by atoms with Gasteiger partial charge in [0.2, 0.25) is 0 Å². The first-order valence-corrected chi connectivity index (χ1v) is 19.9. The van der Waals surface area contributed by atoms with Crippen LogP contribution in [0.3, 0.4) is 0 Å². The first-order chi connectivity index (χ1) is 23.8. The summed E-state index contributed by atoms with van der Waals surface area (Å²) < 4.78 is 1.31. The van der Waals surface area contributed by atoms with E-state index < -0.39 is 0 Å². The molecule has 0 amide bonds. The average molecular weight is 858 g/mol. The molecule has 5 aromatic carbocycles. The fourth-order valence-corrected chi connectivity index (χ4v) is 8.74. The summed E-state index contributed by atoms with van der Waals surface area (Å²) in [6.45, 7) is 22.6. The van der Waals surface area contributed by atoms with Crippen molar-refractivity contribution in [1.29, 1.82) is 0 Å². The summed E-state index contributed by atoms with van der Waals surface area (Å²) in [6, 6.07) is 27.9. The Hall–Kier alpha value is -2.38. The van der Waals surface area contributed by atoms with Crippen molar-refractivity contribution in [2.24, 2.45) is 11.3 Å². The largest absolute Gasteiger partial charge is 1.00 e. The summed E-state index contributed by atoms with van der Waals surface area (Å²) in [5, 5.41) is 7.10. The molecule has 53 heavy (non-hydrogen) atoms. The predicted octanol–water partition coefficient (Wildman–Crippen LogP) is 8.19. The molecular weight excluding hydrogens is 810 g/mol. The van der Waals surface area contributed by atoms with E-state index in [1.165, 1.54) is 99.1 Å². The topological polar surface area (TPSA) is 0 Å². The fourth-order valence-electron chi connectivity index (χ4n) is 7.67. The Morgan fingerprint density at radius 1 is 0.698 bits per heavy atom. The van der Waals surface area contributed by atoms with Gasteiger partial charge in [-0.1, -0.05) is 102 Å². The number of halogens is 4. The number of fused-ring (bicyclic) bond motifs is 5. The maximum Gasteiger partial charge on any atom is -1.00 e. The molecule has 0 radical (unpaired) electrons. The molecule has 0 N–H and O–H groups in total. The Morgan fingerprint density at radius 2 is 1.09 bits per heavy atom. The van der Waals surface area contributed by atoms with E-state index >= 15 is 0 Å². The van der Waals surface area contributed by atoms with E-state index in [1.54, 1.807) is 0 Å². The molecule has 3 aliphatic rings. The maximum absolute atomic E-state index is 5.86. The first-order valence-electron chi connectivity index (χ1n) is 17.9. The van der Waals surface area contributed by atoms with Crippen molar-refractivity contribution in [1.82, 2.24) is 0 Å². The zero-order valence-electron chi connectivity index (χ0n) is 32.4. The Labute approximate surface area is 355 Å². The molecule has 3 aliphatic carbocycles. The van der Waals surface area contributed by atoms with Crippen LogP contribution in [0.15, 0.2) is 109 Å². The van der Waals surface area contributed by atoms with Crippen LogP contribution in [0, 0.1) is 17.4 Å². The second kappa shape index (κ2) is 16.4. The second-order valence-electron chi connectivity index (χ2n) is 16.6. The fraction of sp³-hybridized carbons (Fsp3) is 0.292. The summed E-state index contributed by atoms with van der Waals surface area (Å²) in [5.74, 6) is 0.522. The molecule has 0 aromatic heterocycles. The maximum atomic E-state index is 5.86. The van der Waals surface area contributed by atoms with Crippen LogP contribution >= 0.6 is 23.2 Å². The van der Waals surface area contributed by atoms with E-state index in [0.29, 0.717) is 11.3 Å². The Balaban J connectivity index is 0.000000194. The van der Waals surface area contributed by atoms with Gasteiger partial charge in [-0.05, 0) is 36.1 Å². The molecule has 0 fully saturated rings. The smallest absolute Gasteiger partial charge is 1.00 e. The minimum absolute atomic E-state index is 0. The predicted molar refractivity (Wildman–Crippen MR) is 221 cm³/mol. The Morgan fingerprint density at radius 3 is 1.42 bits per heavy atom. The summed E-state index contributed by atoms with van der Waals surface area (Å²) in [6.07, 6.45) is 12.5. The summed E-state index contributed by atoms with van der Waals surface area (Å²) in [4.78, 5) is 0. The van der Waals surface area contributed by atoms with Crippen LogP contribution in [-0.2, 0) is 35.1 Å². The van der Waals surface area contributed by atoms with Gasteiger partial charge in [-0.15, -0.1) is 39.7 Å². The number of hydrogen-bond donors (Lipinski definition) is 0. The molecule has 1 unspecified atom stereocenters. The molecule has 0 saturated heterocycles. The van der Waals surface area contributed by atoms with E-state index in [0.717, 1.165) is 10.0 Å². The molecule has 8 rings (SSSR count). The van der Waals surface area contributed by atoms with Gasteiger partial charge in [0.15, 0.2) is 0 Å². The van der Waals surface area contributed by atoms with Crippen molar-refractivity contribution in [2.45, 2.75) is 80.1 Å². The van der Waals surface area contributed by atoms with E-state index in [4.69, 9.17) is 23.2 Å². The molecular formula is C48H48Cl4Zr-2. The standard InChI is InChI=1S/C25H25.C13H8Cl2.C10H15.2ClH.Zr/c1-14-12-24(3,4)22-8-16-7-17-9-23-19(15(2)13-25(23,5)6)11-21(17)20(16)10-18(14)22;14-12-5-1-10(2-6-12)9-11-3-7-13(15)8-4-11;1-8-5-6-9(7-8)10(2,3)4;;;/h7-13H,1-6H3;1-8H;6-8H,1-4H3;2*1H;/q-1;;-1;;;+2/p-2. The molecule has 0 spiro atoms. The molecule has 5 aromatic rings.